The molecule has 104 valence electrons. The Morgan fingerprint density at radius 3 is 2.32 bits per heavy atom. The number of carbonyl (C=O) groups is 1. The van der Waals surface area contributed by atoms with Crippen LogP contribution in [0, 0.1) is 0 Å². The standard InChI is InChI=1S/C13H18N2O3S/c1-13(2,10-6-4-3-5-7-10)15-9-11(8-12(15)16)19(14,17)18/h3-7,11H,8-9H2,1-2H3,(H2,14,17,18). The molecule has 1 aliphatic heterocycles. The van der Waals surface area contributed by atoms with Gasteiger partial charge >= 0.3 is 0 Å². The van der Waals surface area contributed by atoms with Gasteiger partial charge in [0.25, 0.3) is 0 Å². The van der Waals surface area contributed by atoms with Crippen molar-refractivity contribution in [2.24, 2.45) is 5.14 Å². The van der Waals surface area contributed by atoms with Gasteiger partial charge in [-0.25, -0.2) is 13.6 Å². The van der Waals surface area contributed by atoms with E-state index in [1.807, 2.05) is 44.2 Å². The quantitative estimate of drug-likeness (QED) is 0.891. The summed E-state index contributed by atoms with van der Waals surface area (Å²) in [7, 11) is -3.67. The zero-order valence-corrected chi connectivity index (χ0v) is 11.9. The molecule has 5 nitrogen and oxygen atoms in total. The van der Waals surface area contributed by atoms with Gasteiger partial charge < -0.3 is 4.90 Å². The summed E-state index contributed by atoms with van der Waals surface area (Å²) in [6.07, 6.45) is -0.0326. The third kappa shape index (κ3) is 2.64. The van der Waals surface area contributed by atoms with Crippen LogP contribution in [0.25, 0.3) is 0 Å². The van der Waals surface area contributed by atoms with Crippen molar-refractivity contribution in [1.29, 1.82) is 0 Å². The summed E-state index contributed by atoms with van der Waals surface area (Å²) in [5.41, 5.74) is 0.427. The lowest BCUT2D eigenvalue weighted by molar-refractivity contribution is -0.132. The molecule has 2 N–H and O–H groups in total. The van der Waals surface area contributed by atoms with E-state index in [2.05, 4.69) is 0 Å². The number of primary sulfonamides is 1. The van der Waals surface area contributed by atoms with E-state index >= 15 is 0 Å². The number of benzene rings is 1. The molecule has 1 aromatic carbocycles. The normalized spacial score (nSPS) is 20.9. The largest absolute Gasteiger partial charge is 0.332 e. The van der Waals surface area contributed by atoms with Crippen LogP contribution < -0.4 is 5.14 Å². The van der Waals surface area contributed by atoms with E-state index in [9.17, 15) is 13.2 Å². The molecule has 19 heavy (non-hydrogen) atoms. The average molecular weight is 282 g/mol. The Bertz CT molecular complexity index is 581. The van der Waals surface area contributed by atoms with Crippen LogP contribution in [-0.2, 0) is 20.4 Å². The lowest BCUT2D eigenvalue weighted by Gasteiger charge is -2.36. The molecule has 1 aromatic rings. The van der Waals surface area contributed by atoms with Gasteiger partial charge in [-0.05, 0) is 19.4 Å². The number of sulfonamides is 1. The zero-order chi connectivity index (χ0) is 14.3. The second-order valence-corrected chi connectivity index (χ2v) is 7.19. The minimum absolute atomic E-state index is 0.0326. The topological polar surface area (TPSA) is 80.5 Å². The molecule has 2 rings (SSSR count). The molecule has 0 bridgehead atoms. The van der Waals surface area contributed by atoms with Crippen LogP contribution in [0.5, 0.6) is 0 Å². The first-order valence-corrected chi connectivity index (χ1v) is 7.71. The minimum Gasteiger partial charge on any atom is -0.332 e. The molecule has 0 aromatic heterocycles. The summed E-state index contributed by atoms with van der Waals surface area (Å²) in [6, 6.07) is 9.55. The third-order valence-corrected chi connectivity index (χ3v) is 4.95. The van der Waals surface area contributed by atoms with Gasteiger partial charge in [-0.1, -0.05) is 30.3 Å². The summed E-state index contributed by atoms with van der Waals surface area (Å²) in [5.74, 6) is -0.173. The van der Waals surface area contributed by atoms with Crippen molar-refractivity contribution < 1.29 is 13.2 Å². The number of hydrogen-bond donors (Lipinski definition) is 1. The summed E-state index contributed by atoms with van der Waals surface area (Å²) in [6.45, 7) is 3.97. The Kier molecular flexibility index (Phi) is 3.40. The lowest BCUT2D eigenvalue weighted by atomic mass is 9.92. The molecule has 1 fully saturated rings. The Balaban J connectivity index is 2.30. The third-order valence-electron chi connectivity index (χ3n) is 3.71. The van der Waals surface area contributed by atoms with Crippen molar-refractivity contribution in [3.63, 3.8) is 0 Å². The van der Waals surface area contributed by atoms with Crippen LogP contribution in [0.1, 0.15) is 25.8 Å². The number of hydrogen-bond acceptors (Lipinski definition) is 3. The fraction of sp³-hybridized carbons (Fsp3) is 0.462. The highest BCUT2D eigenvalue weighted by Gasteiger charge is 2.43. The van der Waals surface area contributed by atoms with E-state index in [0.29, 0.717) is 0 Å². The van der Waals surface area contributed by atoms with Crippen molar-refractivity contribution in [3.05, 3.63) is 35.9 Å². The Morgan fingerprint density at radius 2 is 1.84 bits per heavy atom. The highest BCUT2D eigenvalue weighted by molar-refractivity contribution is 7.89. The number of nitrogens with two attached hydrogens (primary N) is 1. The summed E-state index contributed by atoms with van der Waals surface area (Å²) < 4.78 is 22.8. The molecule has 1 atom stereocenters. The van der Waals surface area contributed by atoms with Crippen molar-refractivity contribution in [2.45, 2.75) is 31.1 Å². The maximum atomic E-state index is 12.1. The van der Waals surface area contributed by atoms with E-state index in [4.69, 9.17) is 5.14 Å². The van der Waals surface area contributed by atoms with Gasteiger partial charge in [0.2, 0.25) is 15.9 Å². The summed E-state index contributed by atoms with van der Waals surface area (Å²) in [4.78, 5) is 13.7. The van der Waals surface area contributed by atoms with Crippen molar-refractivity contribution in [2.75, 3.05) is 6.54 Å². The van der Waals surface area contributed by atoms with E-state index in [0.717, 1.165) is 5.56 Å². The predicted molar refractivity (Wildman–Crippen MR) is 72.7 cm³/mol. The number of likely N-dealkylation sites (tertiary alicyclic amines) is 1. The average Bonchev–Trinajstić information content (AvgIpc) is 2.73. The lowest BCUT2D eigenvalue weighted by Crippen LogP contribution is -2.43. The van der Waals surface area contributed by atoms with E-state index in [-0.39, 0.29) is 18.9 Å². The number of rotatable bonds is 3. The molecule has 0 saturated carbocycles. The minimum atomic E-state index is -3.67. The van der Waals surface area contributed by atoms with Crippen molar-refractivity contribution >= 4 is 15.9 Å². The SMILES string of the molecule is CC(C)(c1ccccc1)N1CC(S(N)(=O)=O)CC1=O. The molecule has 0 radical (unpaired) electrons. The Labute approximate surface area is 113 Å². The van der Waals surface area contributed by atoms with Gasteiger partial charge in [0.05, 0.1) is 5.54 Å². The molecule has 0 aliphatic carbocycles. The van der Waals surface area contributed by atoms with Crippen LogP contribution in [0.3, 0.4) is 0 Å². The Morgan fingerprint density at radius 1 is 1.26 bits per heavy atom. The summed E-state index contributed by atoms with van der Waals surface area (Å²) >= 11 is 0. The van der Waals surface area contributed by atoms with Gasteiger partial charge in [0.15, 0.2) is 0 Å². The first kappa shape index (κ1) is 14.0. The smallest absolute Gasteiger partial charge is 0.224 e. The second kappa shape index (κ2) is 4.61. The molecule has 6 heteroatoms. The molecule has 0 spiro atoms. The number of carbonyl (C=O) groups excluding carboxylic acids is 1. The maximum Gasteiger partial charge on any atom is 0.224 e. The van der Waals surface area contributed by atoms with Gasteiger partial charge in [-0.2, -0.15) is 0 Å². The van der Waals surface area contributed by atoms with Crippen LogP contribution in [0.4, 0.5) is 0 Å². The molecule has 1 amide bonds. The first-order chi connectivity index (χ1) is 8.73. The van der Waals surface area contributed by atoms with E-state index in [1.54, 1.807) is 4.90 Å². The molecule has 1 aliphatic rings. The van der Waals surface area contributed by atoms with Crippen LogP contribution in [-0.4, -0.2) is 31.0 Å². The molecule has 1 unspecified atom stereocenters. The monoisotopic (exact) mass is 282 g/mol. The van der Waals surface area contributed by atoms with E-state index in [1.165, 1.54) is 0 Å². The van der Waals surface area contributed by atoms with Gasteiger partial charge in [0.1, 0.15) is 5.25 Å². The highest BCUT2D eigenvalue weighted by atomic mass is 32.2. The summed E-state index contributed by atoms with van der Waals surface area (Å²) in [5, 5.41) is 4.34. The zero-order valence-electron chi connectivity index (χ0n) is 11.0. The fourth-order valence-corrected chi connectivity index (χ4v) is 3.17. The molecule has 1 saturated heterocycles. The second-order valence-electron chi connectivity index (χ2n) is 5.34. The first-order valence-electron chi connectivity index (χ1n) is 6.10. The highest BCUT2D eigenvalue weighted by Crippen LogP contribution is 2.32. The molecule has 1 heterocycles. The van der Waals surface area contributed by atoms with Gasteiger partial charge in [-0.15, -0.1) is 0 Å². The van der Waals surface area contributed by atoms with Crippen molar-refractivity contribution in [3.8, 4) is 0 Å². The maximum absolute atomic E-state index is 12.1. The number of amides is 1. The van der Waals surface area contributed by atoms with Crippen LogP contribution in [0.2, 0.25) is 0 Å². The van der Waals surface area contributed by atoms with Crippen LogP contribution >= 0.6 is 0 Å². The van der Waals surface area contributed by atoms with Gasteiger partial charge in [-0.3, -0.25) is 4.79 Å². The van der Waals surface area contributed by atoms with Crippen LogP contribution in [0.15, 0.2) is 30.3 Å². The Hall–Kier alpha value is -1.40. The van der Waals surface area contributed by atoms with E-state index < -0.39 is 20.8 Å². The van der Waals surface area contributed by atoms with Gasteiger partial charge in [0, 0.05) is 13.0 Å². The predicted octanol–water partition coefficient (Wildman–Crippen LogP) is 0.811. The fourth-order valence-electron chi connectivity index (χ4n) is 2.44. The molecular formula is C13H18N2O3S. The molecular weight excluding hydrogens is 264 g/mol. The van der Waals surface area contributed by atoms with Crippen molar-refractivity contribution in [1.82, 2.24) is 4.90 Å². The number of nitrogens with zero attached hydrogens (tertiary/aromatic N) is 1.